The van der Waals surface area contributed by atoms with Crippen LogP contribution in [0.15, 0.2) is 54.9 Å². The van der Waals surface area contributed by atoms with Crippen molar-refractivity contribution >= 4 is 28.8 Å². The summed E-state index contributed by atoms with van der Waals surface area (Å²) in [5, 5.41) is 30.7. The van der Waals surface area contributed by atoms with Gasteiger partial charge in [-0.2, -0.15) is 0 Å². The summed E-state index contributed by atoms with van der Waals surface area (Å²) in [5.74, 6) is -0.659. The first-order valence-electron chi connectivity index (χ1n) is 16.4. The van der Waals surface area contributed by atoms with Crippen LogP contribution in [0, 0.1) is 0 Å². The first-order valence-corrected chi connectivity index (χ1v) is 16.4. The number of likely N-dealkylation sites (N-methyl/N-ethyl adjacent to an activating group) is 1. The van der Waals surface area contributed by atoms with Gasteiger partial charge in [0.2, 0.25) is 5.82 Å². The predicted molar refractivity (Wildman–Crippen MR) is 175 cm³/mol. The maximum absolute atomic E-state index is 13.5. The van der Waals surface area contributed by atoms with Crippen LogP contribution in [-0.2, 0) is 9.53 Å². The predicted octanol–water partition coefficient (Wildman–Crippen LogP) is 2.02. The minimum atomic E-state index is -1.47. The molecule has 2 aromatic carbocycles. The van der Waals surface area contributed by atoms with Crippen LogP contribution in [0.1, 0.15) is 60.1 Å². The number of ether oxygens (including phenoxy) is 1. The maximum atomic E-state index is 13.5. The lowest BCUT2D eigenvalue weighted by Crippen LogP contribution is -2.42. The summed E-state index contributed by atoms with van der Waals surface area (Å²) in [6.45, 7) is 5.79. The Kier molecular flexibility index (Phi) is 8.86. The van der Waals surface area contributed by atoms with E-state index in [4.69, 9.17) is 4.74 Å². The second-order valence-electron chi connectivity index (χ2n) is 12.3. The van der Waals surface area contributed by atoms with Crippen LogP contribution < -0.4 is 16.0 Å². The molecular formula is C34H40N8O5. The summed E-state index contributed by atoms with van der Waals surface area (Å²) in [6, 6.07) is 16.6. The maximum Gasteiger partial charge on any atom is 0.289 e. The van der Waals surface area contributed by atoms with Crippen LogP contribution in [0.3, 0.4) is 0 Å². The highest BCUT2D eigenvalue weighted by Gasteiger charge is 2.47. The zero-order valence-electron chi connectivity index (χ0n) is 26.3. The van der Waals surface area contributed by atoms with Crippen molar-refractivity contribution in [3.05, 3.63) is 71.8 Å². The molecule has 47 heavy (non-hydrogen) atoms. The third kappa shape index (κ3) is 5.95. The van der Waals surface area contributed by atoms with Crippen molar-refractivity contribution in [3.8, 4) is 11.1 Å². The summed E-state index contributed by atoms with van der Waals surface area (Å²) in [6.07, 6.45) is -0.396. The molecule has 1 aliphatic carbocycles. The first kappa shape index (κ1) is 31.2. The summed E-state index contributed by atoms with van der Waals surface area (Å²) >= 11 is 0. The van der Waals surface area contributed by atoms with Crippen LogP contribution in [-0.4, -0.2) is 104 Å². The molecule has 13 nitrogen and oxygen atoms in total. The highest BCUT2D eigenvalue weighted by atomic mass is 16.6. The lowest BCUT2D eigenvalue weighted by molar-refractivity contribution is -0.137. The summed E-state index contributed by atoms with van der Waals surface area (Å²) in [5.41, 5.74) is 5.35. The number of carbonyl (C=O) groups is 2. The number of nitrogens with zero attached hydrogens (tertiary/aromatic N) is 5. The Hall–Kier alpha value is -4.43. The van der Waals surface area contributed by atoms with Gasteiger partial charge in [-0.3, -0.25) is 14.2 Å². The number of aliphatic hydroxyl groups is 2. The Bertz CT molecular complexity index is 1730. The molecule has 2 fully saturated rings. The highest BCUT2D eigenvalue weighted by Crippen LogP contribution is 2.44. The third-order valence-corrected chi connectivity index (χ3v) is 9.34. The van der Waals surface area contributed by atoms with Crippen LogP contribution in [0.4, 0.5) is 5.82 Å². The Morgan fingerprint density at radius 2 is 1.64 bits per heavy atom. The number of imidazole rings is 1. The van der Waals surface area contributed by atoms with E-state index in [-0.39, 0.29) is 17.4 Å². The molecule has 4 atom stereocenters. The third-order valence-electron chi connectivity index (χ3n) is 9.34. The van der Waals surface area contributed by atoms with Gasteiger partial charge in [0.15, 0.2) is 29.3 Å². The standard InChI is InChI=1S/C34H40N8O5/c1-2-35-32(45)28-26(43)27(44)34(47-28)42-19-38-25-29(37-18-24-22-12-6-4-10-20(22)21-11-5-7-13-23(21)24)39-30(40-31(25)42)33(46)36-14-17-41-15-8-3-9-16-41/h4-7,10-13,19,24,26-28,34,43-44H,2-3,8-9,14-18H2,1H3,(H,35,45)(H,36,46)(H,37,39,40)/t26-,27+,28-,34+/m0/s1. The number of piperidine rings is 1. The van der Waals surface area contributed by atoms with E-state index in [1.54, 1.807) is 6.92 Å². The SMILES string of the molecule is CCNC(=O)[C@H]1O[C@@H](n2cnc3c(NCC4c5ccccc5-c5ccccc54)nc(C(=O)NCCN4CCCCC4)nc32)[C@H](O)[C@@H]1O. The molecule has 2 saturated heterocycles. The summed E-state index contributed by atoms with van der Waals surface area (Å²) < 4.78 is 7.31. The second-order valence-corrected chi connectivity index (χ2v) is 12.3. The molecule has 5 N–H and O–H groups in total. The number of anilines is 1. The summed E-state index contributed by atoms with van der Waals surface area (Å²) in [7, 11) is 0. The van der Waals surface area contributed by atoms with Gasteiger partial charge in [-0.1, -0.05) is 55.0 Å². The van der Waals surface area contributed by atoms with E-state index in [0.29, 0.717) is 31.0 Å². The van der Waals surface area contributed by atoms with Crippen molar-refractivity contribution in [2.45, 2.75) is 56.6 Å². The number of benzene rings is 2. The zero-order valence-corrected chi connectivity index (χ0v) is 26.3. The van der Waals surface area contributed by atoms with Crippen molar-refractivity contribution in [3.63, 3.8) is 0 Å². The van der Waals surface area contributed by atoms with Gasteiger partial charge >= 0.3 is 0 Å². The van der Waals surface area contributed by atoms with E-state index < -0.39 is 36.4 Å². The topological polar surface area (TPSA) is 167 Å². The number of fused-ring (bicyclic) bond motifs is 4. The number of aliphatic hydroxyl groups excluding tert-OH is 2. The van der Waals surface area contributed by atoms with Crippen molar-refractivity contribution in [1.82, 2.24) is 35.1 Å². The van der Waals surface area contributed by atoms with E-state index in [9.17, 15) is 19.8 Å². The van der Waals surface area contributed by atoms with Crippen molar-refractivity contribution in [2.75, 3.05) is 44.6 Å². The fourth-order valence-electron chi connectivity index (χ4n) is 6.98. The molecule has 7 rings (SSSR count). The van der Waals surface area contributed by atoms with Gasteiger partial charge in [-0.05, 0) is 55.1 Å². The molecule has 246 valence electrons. The van der Waals surface area contributed by atoms with Gasteiger partial charge in [0.05, 0.1) is 6.33 Å². The van der Waals surface area contributed by atoms with Gasteiger partial charge in [-0.15, -0.1) is 0 Å². The molecule has 0 radical (unpaired) electrons. The van der Waals surface area contributed by atoms with E-state index >= 15 is 0 Å². The molecule has 0 saturated carbocycles. The van der Waals surface area contributed by atoms with Crippen LogP contribution in [0.25, 0.3) is 22.3 Å². The van der Waals surface area contributed by atoms with E-state index in [1.165, 1.54) is 39.6 Å². The highest BCUT2D eigenvalue weighted by molar-refractivity contribution is 5.94. The van der Waals surface area contributed by atoms with E-state index in [2.05, 4.69) is 60.1 Å². The number of likely N-dealkylation sites (tertiary alicyclic amines) is 1. The molecule has 2 aromatic heterocycles. The van der Waals surface area contributed by atoms with Crippen LogP contribution >= 0.6 is 0 Å². The molecule has 4 aromatic rings. The number of hydrogen-bond acceptors (Lipinski definition) is 10. The molecule has 2 aliphatic heterocycles. The average Bonchev–Trinajstić information content (AvgIpc) is 3.76. The fraction of sp³-hybridized carbons (Fsp3) is 0.441. The minimum absolute atomic E-state index is 0.0318. The quantitative estimate of drug-likeness (QED) is 0.173. The van der Waals surface area contributed by atoms with Crippen molar-refractivity contribution < 1.29 is 24.5 Å². The lowest BCUT2D eigenvalue weighted by atomic mass is 9.97. The number of rotatable bonds is 10. The molecule has 0 unspecified atom stereocenters. The Labute approximate surface area is 272 Å². The van der Waals surface area contributed by atoms with Gasteiger partial charge < -0.3 is 35.8 Å². The monoisotopic (exact) mass is 640 g/mol. The molecule has 4 heterocycles. The van der Waals surface area contributed by atoms with E-state index in [0.717, 1.165) is 32.5 Å². The smallest absolute Gasteiger partial charge is 0.289 e. The first-order chi connectivity index (χ1) is 22.9. The second kappa shape index (κ2) is 13.4. The Morgan fingerprint density at radius 1 is 0.936 bits per heavy atom. The molecule has 0 bridgehead atoms. The normalized spacial score (nSPS) is 22.6. The fourth-order valence-corrected chi connectivity index (χ4v) is 6.98. The summed E-state index contributed by atoms with van der Waals surface area (Å²) in [4.78, 5) is 42.1. The Morgan fingerprint density at radius 3 is 2.34 bits per heavy atom. The lowest BCUT2D eigenvalue weighted by Gasteiger charge is -2.26. The number of amides is 2. The number of aromatic nitrogens is 4. The minimum Gasteiger partial charge on any atom is -0.387 e. The number of carbonyl (C=O) groups excluding carboxylic acids is 2. The molecule has 3 aliphatic rings. The van der Waals surface area contributed by atoms with Crippen LogP contribution in [0.5, 0.6) is 0 Å². The largest absolute Gasteiger partial charge is 0.387 e. The van der Waals surface area contributed by atoms with Gasteiger partial charge in [0, 0.05) is 32.1 Å². The van der Waals surface area contributed by atoms with Crippen molar-refractivity contribution in [1.29, 1.82) is 0 Å². The Balaban J connectivity index is 1.20. The van der Waals surface area contributed by atoms with Crippen molar-refractivity contribution in [2.24, 2.45) is 0 Å². The van der Waals surface area contributed by atoms with Crippen LogP contribution in [0.2, 0.25) is 0 Å². The van der Waals surface area contributed by atoms with Gasteiger partial charge in [0.25, 0.3) is 11.8 Å². The zero-order chi connectivity index (χ0) is 32.5. The number of nitrogens with one attached hydrogen (secondary N) is 3. The van der Waals surface area contributed by atoms with Gasteiger partial charge in [0.1, 0.15) is 12.2 Å². The average molecular weight is 641 g/mol. The number of hydrogen-bond donors (Lipinski definition) is 5. The molecule has 0 spiro atoms. The van der Waals surface area contributed by atoms with Gasteiger partial charge in [-0.25, -0.2) is 15.0 Å². The molecular weight excluding hydrogens is 600 g/mol. The van der Waals surface area contributed by atoms with E-state index in [1.807, 2.05) is 24.3 Å². The molecule has 13 heteroatoms. The molecule has 2 amide bonds.